The molecule has 116 valence electrons. The van der Waals surface area contributed by atoms with Crippen LogP contribution in [0.25, 0.3) is 0 Å². The lowest BCUT2D eigenvalue weighted by Gasteiger charge is -2.20. The summed E-state index contributed by atoms with van der Waals surface area (Å²) in [7, 11) is 0. The van der Waals surface area contributed by atoms with E-state index in [1.807, 2.05) is 65.6 Å². The summed E-state index contributed by atoms with van der Waals surface area (Å²) in [5, 5.41) is 9.02. The van der Waals surface area contributed by atoms with Crippen molar-refractivity contribution in [1.29, 1.82) is 0 Å². The van der Waals surface area contributed by atoms with Gasteiger partial charge in [0.2, 0.25) is 0 Å². The molecule has 0 unspecified atom stereocenters. The van der Waals surface area contributed by atoms with Crippen LogP contribution in [0, 0.1) is 0 Å². The lowest BCUT2D eigenvalue weighted by molar-refractivity contribution is 0.0690. The number of carboxylic acids is 1. The van der Waals surface area contributed by atoms with Gasteiger partial charge < -0.3 is 14.4 Å². The van der Waals surface area contributed by atoms with Gasteiger partial charge in [0.05, 0.1) is 0 Å². The molecular weight excluding hydrogens is 292 g/mol. The number of carboxylic acid groups (broad SMARTS) is 1. The predicted molar refractivity (Wildman–Crippen MR) is 86.2 cm³/mol. The van der Waals surface area contributed by atoms with Crippen molar-refractivity contribution >= 4 is 12.0 Å². The zero-order chi connectivity index (χ0) is 16.1. The van der Waals surface area contributed by atoms with E-state index in [-0.39, 0.29) is 5.69 Å². The second-order valence-electron chi connectivity index (χ2n) is 5.15. The minimum Gasteiger partial charge on any atom is -0.476 e. The molecule has 1 aromatic heterocycles. The van der Waals surface area contributed by atoms with Crippen LogP contribution in [0.1, 0.15) is 21.6 Å². The average molecular weight is 308 g/mol. The number of nitrogens with zero attached hydrogens (tertiary/aromatic N) is 2. The Labute approximate surface area is 133 Å². The molecule has 0 radical (unpaired) electrons. The van der Waals surface area contributed by atoms with Crippen LogP contribution in [0.3, 0.4) is 0 Å². The SMILES string of the molecule is O=C(O)c1coc(N(Cc2ccccc2)Cc2ccccc2)n1. The number of carbonyl (C=O) groups is 1. The molecule has 0 atom stereocenters. The van der Waals surface area contributed by atoms with E-state index in [4.69, 9.17) is 9.52 Å². The lowest BCUT2D eigenvalue weighted by atomic mass is 10.2. The highest BCUT2D eigenvalue weighted by Crippen LogP contribution is 2.20. The fourth-order valence-electron chi connectivity index (χ4n) is 2.31. The second kappa shape index (κ2) is 6.79. The monoisotopic (exact) mass is 308 g/mol. The van der Waals surface area contributed by atoms with E-state index in [1.54, 1.807) is 0 Å². The van der Waals surface area contributed by atoms with Crippen molar-refractivity contribution in [3.05, 3.63) is 83.7 Å². The molecule has 0 aliphatic rings. The molecule has 0 amide bonds. The molecule has 5 heteroatoms. The Balaban J connectivity index is 1.87. The maximum absolute atomic E-state index is 11.0. The smallest absolute Gasteiger partial charge is 0.357 e. The summed E-state index contributed by atoms with van der Waals surface area (Å²) in [6, 6.07) is 20.1. The van der Waals surface area contributed by atoms with E-state index >= 15 is 0 Å². The van der Waals surface area contributed by atoms with Gasteiger partial charge in [-0.2, -0.15) is 4.98 Å². The lowest BCUT2D eigenvalue weighted by Crippen LogP contribution is -2.22. The molecule has 5 nitrogen and oxygen atoms in total. The largest absolute Gasteiger partial charge is 0.476 e. The number of hydrogen-bond acceptors (Lipinski definition) is 4. The minimum absolute atomic E-state index is 0.0916. The fraction of sp³-hybridized carbons (Fsp3) is 0.111. The van der Waals surface area contributed by atoms with Gasteiger partial charge in [0, 0.05) is 13.1 Å². The van der Waals surface area contributed by atoms with Gasteiger partial charge in [-0.05, 0) is 11.1 Å². The third kappa shape index (κ3) is 3.77. The molecule has 0 aliphatic heterocycles. The van der Waals surface area contributed by atoms with Gasteiger partial charge in [0.1, 0.15) is 6.26 Å². The molecule has 3 aromatic rings. The van der Waals surface area contributed by atoms with Crippen LogP contribution in [0.15, 0.2) is 71.3 Å². The molecule has 0 bridgehead atoms. The van der Waals surface area contributed by atoms with E-state index in [1.165, 1.54) is 6.26 Å². The molecular formula is C18H16N2O3. The van der Waals surface area contributed by atoms with Crippen molar-refractivity contribution in [2.24, 2.45) is 0 Å². The summed E-state index contributed by atoms with van der Waals surface area (Å²) in [4.78, 5) is 17.0. The Morgan fingerprint density at radius 2 is 1.48 bits per heavy atom. The van der Waals surface area contributed by atoms with Crippen LogP contribution >= 0.6 is 0 Å². The van der Waals surface area contributed by atoms with Gasteiger partial charge in [-0.25, -0.2) is 4.79 Å². The molecule has 23 heavy (non-hydrogen) atoms. The van der Waals surface area contributed by atoms with E-state index < -0.39 is 5.97 Å². The van der Waals surface area contributed by atoms with Crippen molar-refractivity contribution in [3.63, 3.8) is 0 Å². The maximum atomic E-state index is 11.0. The van der Waals surface area contributed by atoms with Crippen LogP contribution in [-0.2, 0) is 13.1 Å². The molecule has 1 heterocycles. The summed E-state index contributed by atoms with van der Waals surface area (Å²) in [6.45, 7) is 1.16. The number of hydrogen-bond donors (Lipinski definition) is 1. The molecule has 3 rings (SSSR count). The normalized spacial score (nSPS) is 10.4. The van der Waals surface area contributed by atoms with Crippen molar-refractivity contribution in [2.75, 3.05) is 4.90 Å². The number of anilines is 1. The Kier molecular flexibility index (Phi) is 4.38. The van der Waals surface area contributed by atoms with Gasteiger partial charge in [-0.15, -0.1) is 0 Å². The summed E-state index contributed by atoms with van der Waals surface area (Å²) in [5.74, 6) is -1.10. The number of oxazole rings is 1. The quantitative estimate of drug-likeness (QED) is 0.754. The topological polar surface area (TPSA) is 66.6 Å². The summed E-state index contributed by atoms with van der Waals surface area (Å²) >= 11 is 0. The third-order valence-electron chi connectivity index (χ3n) is 3.41. The molecule has 0 spiro atoms. The number of aromatic nitrogens is 1. The first-order valence-electron chi connectivity index (χ1n) is 7.24. The molecule has 0 saturated carbocycles. The van der Waals surface area contributed by atoms with E-state index in [0.717, 1.165) is 11.1 Å². The first-order valence-corrected chi connectivity index (χ1v) is 7.24. The number of aromatic carboxylic acids is 1. The predicted octanol–water partition coefficient (Wildman–Crippen LogP) is 3.58. The minimum atomic E-state index is -1.10. The van der Waals surface area contributed by atoms with Crippen molar-refractivity contribution in [1.82, 2.24) is 4.98 Å². The zero-order valence-corrected chi connectivity index (χ0v) is 12.4. The van der Waals surface area contributed by atoms with Crippen LogP contribution in [0.4, 0.5) is 6.01 Å². The highest BCUT2D eigenvalue weighted by atomic mass is 16.4. The van der Waals surface area contributed by atoms with E-state index in [9.17, 15) is 4.79 Å². The Morgan fingerprint density at radius 1 is 0.957 bits per heavy atom. The highest BCUT2D eigenvalue weighted by molar-refractivity contribution is 5.85. The average Bonchev–Trinajstić information content (AvgIpc) is 3.06. The first kappa shape index (κ1) is 14.8. The first-order chi connectivity index (χ1) is 11.2. The van der Waals surface area contributed by atoms with Gasteiger partial charge in [0.25, 0.3) is 6.01 Å². The number of rotatable bonds is 6. The van der Waals surface area contributed by atoms with E-state index in [2.05, 4.69) is 4.98 Å². The van der Waals surface area contributed by atoms with Gasteiger partial charge in [-0.3, -0.25) is 0 Å². The Morgan fingerprint density at radius 3 is 1.91 bits per heavy atom. The Bertz CT molecular complexity index is 728. The number of benzene rings is 2. The standard InChI is InChI=1S/C18H16N2O3/c21-17(22)16-13-23-18(19-16)20(11-14-7-3-1-4-8-14)12-15-9-5-2-6-10-15/h1-10,13H,11-12H2,(H,21,22). The van der Waals surface area contributed by atoms with Crippen molar-refractivity contribution in [2.45, 2.75) is 13.1 Å². The van der Waals surface area contributed by atoms with Crippen molar-refractivity contribution in [3.8, 4) is 0 Å². The van der Waals surface area contributed by atoms with Crippen LogP contribution in [0.5, 0.6) is 0 Å². The molecule has 0 aliphatic carbocycles. The fourth-order valence-corrected chi connectivity index (χ4v) is 2.31. The van der Waals surface area contributed by atoms with Crippen LogP contribution < -0.4 is 4.90 Å². The second-order valence-corrected chi connectivity index (χ2v) is 5.15. The third-order valence-corrected chi connectivity index (χ3v) is 3.41. The van der Waals surface area contributed by atoms with E-state index in [0.29, 0.717) is 19.1 Å². The van der Waals surface area contributed by atoms with Gasteiger partial charge in [0.15, 0.2) is 5.69 Å². The van der Waals surface area contributed by atoms with Gasteiger partial charge >= 0.3 is 5.97 Å². The molecule has 0 saturated heterocycles. The Hall–Kier alpha value is -3.08. The van der Waals surface area contributed by atoms with Crippen molar-refractivity contribution < 1.29 is 14.3 Å². The zero-order valence-electron chi connectivity index (χ0n) is 12.4. The summed E-state index contributed by atoms with van der Waals surface area (Å²) in [6.07, 6.45) is 1.17. The highest BCUT2D eigenvalue weighted by Gasteiger charge is 2.17. The molecule has 1 N–H and O–H groups in total. The van der Waals surface area contributed by atoms with Crippen LogP contribution in [-0.4, -0.2) is 16.1 Å². The maximum Gasteiger partial charge on any atom is 0.357 e. The summed E-state index contributed by atoms with van der Waals surface area (Å²) in [5.41, 5.74) is 2.10. The summed E-state index contributed by atoms with van der Waals surface area (Å²) < 4.78 is 5.37. The van der Waals surface area contributed by atoms with Crippen LogP contribution in [0.2, 0.25) is 0 Å². The van der Waals surface area contributed by atoms with Gasteiger partial charge in [-0.1, -0.05) is 60.7 Å². The molecule has 0 fully saturated rings. The molecule has 2 aromatic carbocycles.